The van der Waals surface area contributed by atoms with Crippen molar-refractivity contribution >= 4 is 0 Å². The van der Waals surface area contributed by atoms with Gasteiger partial charge in [-0.1, -0.05) is 6.07 Å². The summed E-state index contributed by atoms with van der Waals surface area (Å²) in [6, 6.07) is 7.53. The molecule has 0 amide bonds. The number of methoxy groups -OCH3 is 1. The lowest BCUT2D eigenvalue weighted by Crippen LogP contribution is -2.52. The fourth-order valence-electron chi connectivity index (χ4n) is 4.38. The molecule has 3 aliphatic rings. The van der Waals surface area contributed by atoms with Crippen LogP contribution in [0.1, 0.15) is 28.3 Å². The van der Waals surface area contributed by atoms with Gasteiger partial charge in [-0.2, -0.15) is 0 Å². The molecule has 0 unspecified atom stereocenters. The Bertz CT molecular complexity index is 881. The third-order valence-electron chi connectivity index (χ3n) is 5.72. The maximum absolute atomic E-state index is 13.6. The Kier molecular flexibility index (Phi) is 2.99. The summed E-state index contributed by atoms with van der Waals surface area (Å²) in [5, 5.41) is 24.0. The second kappa shape index (κ2) is 5.03. The highest BCUT2D eigenvalue weighted by molar-refractivity contribution is 5.53. The number of rotatable bonds is 1. The summed E-state index contributed by atoms with van der Waals surface area (Å²) >= 11 is 0. The number of hydrogen-bond acceptors (Lipinski definition) is 5. The van der Waals surface area contributed by atoms with E-state index in [0.717, 1.165) is 28.2 Å². The van der Waals surface area contributed by atoms with Crippen LogP contribution in [0.3, 0.4) is 0 Å². The molecule has 0 bridgehead atoms. The SMILES string of the molecule is COc1ccc2c(c1O)C[N@@+]1([O-])CCc3cc4c(cc3[C@@H]1C2)OCO4. The molecular weight excluding hydrogens is 322 g/mol. The zero-order valence-electron chi connectivity index (χ0n) is 13.9. The zero-order chi connectivity index (χ0) is 17.2. The molecule has 3 heterocycles. The average molecular weight is 341 g/mol. The number of fused-ring (bicyclic) bond motifs is 5. The molecule has 2 aromatic rings. The van der Waals surface area contributed by atoms with Gasteiger partial charge in [0.05, 0.1) is 19.2 Å². The van der Waals surface area contributed by atoms with Crippen LogP contribution in [0.2, 0.25) is 0 Å². The van der Waals surface area contributed by atoms with Gasteiger partial charge in [-0.05, 0) is 29.3 Å². The number of hydrogen-bond donors (Lipinski definition) is 1. The average Bonchev–Trinajstić information content (AvgIpc) is 3.07. The molecule has 25 heavy (non-hydrogen) atoms. The molecule has 0 saturated carbocycles. The van der Waals surface area contributed by atoms with Crippen LogP contribution in [0, 0.1) is 5.21 Å². The topological polar surface area (TPSA) is 71.0 Å². The highest BCUT2D eigenvalue weighted by atomic mass is 16.7. The molecule has 0 saturated heterocycles. The first-order valence-corrected chi connectivity index (χ1v) is 8.47. The number of ether oxygens (including phenoxy) is 3. The van der Waals surface area contributed by atoms with E-state index >= 15 is 0 Å². The molecule has 0 aromatic heterocycles. The Balaban J connectivity index is 1.62. The number of nitrogens with zero attached hydrogens (tertiary/aromatic N) is 1. The molecule has 0 radical (unpaired) electrons. The van der Waals surface area contributed by atoms with Crippen molar-refractivity contribution in [1.82, 2.24) is 0 Å². The van der Waals surface area contributed by atoms with Crippen molar-refractivity contribution in [2.45, 2.75) is 25.4 Å². The number of phenols is 1. The number of hydroxylamine groups is 3. The van der Waals surface area contributed by atoms with Crippen molar-refractivity contribution in [2.75, 3.05) is 20.4 Å². The molecule has 130 valence electrons. The molecule has 2 aromatic carbocycles. The Morgan fingerprint density at radius 1 is 1.20 bits per heavy atom. The van der Waals surface area contributed by atoms with Crippen molar-refractivity contribution in [2.24, 2.45) is 0 Å². The standard InChI is InChI=1S/C19H19NO5/c1-23-16-3-2-11-6-15-13-8-18-17(24-10-25-18)7-12(13)4-5-20(15,22)9-14(11)19(16)21/h2-3,7-8,15,21H,4-6,9-10H2,1H3/t15-,20-/m0/s1. The van der Waals surface area contributed by atoms with Gasteiger partial charge >= 0.3 is 0 Å². The van der Waals surface area contributed by atoms with E-state index < -0.39 is 0 Å². The Labute approximate surface area is 145 Å². The summed E-state index contributed by atoms with van der Waals surface area (Å²) in [6.07, 6.45) is 1.30. The number of phenolic OH excluding ortho intramolecular Hbond substituents is 1. The fraction of sp³-hybridized carbons (Fsp3) is 0.368. The second-order valence-electron chi connectivity index (χ2n) is 6.96. The number of aromatic hydroxyl groups is 1. The summed E-state index contributed by atoms with van der Waals surface area (Å²) in [6.45, 7) is 0.987. The van der Waals surface area contributed by atoms with E-state index in [4.69, 9.17) is 14.2 Å². The van der Waals surface area contributed by atoms with E-state index in [1.54, 1.807) is 6.07 Å². The van der Waals surface area contributed by atoms with Gasteiger partial charge in [0, 0.05) is 18.4 Å². The van der Waals surface area contributed by atoms with Crippen LogP contribution in [0.4, 0.5) is 0 Å². The van der Waals surface area contributed by atoms with E-state index in [2.05, 4.69) is 0 Å². The molecule has 0 fully saturated rings. The largest absolute Gasteiger partial charge is 0.632 e. The van der Waals surface area contributed by atoms with E-state index in [1.165, 1.54) is 12.7 Å². The van der Waals surface area contributed by atoms with Crippen LogP contribution < -0.4 is 14.2 Å². The quantitative estimate of drug-likeness (QED) is 0.638. The summed E-state index contributed by atoms with van der Waals surface area (Å²) in [7, 11) is 1.52. The monoisotopic (exact) mass is 341 g/mol. The summed E-state index contributed by atoms with van der Waals surface area (Å²) in [5.74, 6) is 2.01. The molecule has 2 atom stereocenters. The molecule has 1 N–H and O–H groups in total. The zero-order valence-corrected chi connectivity index (χ0v) is 13.9. The summed E-state index contributed by atoms with van der Waals surface area (Å²) in [5.41, 5.74) is 3.94. The molecule has 3 aliphatic heterocycles. The van der Waals surface area contributed by atoms with Gasteiger partial charge in [0.2, 0.25) is 6.79 Å². The van der Waals surface area contributed by atoms with E-state index in [1.807, 2.05) is 18.2 Å². The van der Waals surface area contributed by atoms with Crippen LogP contribution in [0.15, 0.2) is 24.3 Å². The molecule has 0 spiro atoms. The Hall–Kier alpha value is -2.44. The molecule has 5 rings (SSSR count). The predicted octanol–water partition coefficient (Wildman–Crippen LogP) is 2.80. The first-order chi connectivity index (χ1) is 12.1. The lowest BCUT2D eigenvalue weighted by molar-refractivity contribution is -0.928. The highest BCUT2D eigenvalue weighted by Crippen LogP contribution is 2.49. The van der Waals surface area contributed by atoms with Crippen LogP contribution in [0.5, 0.6) is 23.0 Å². The van der Waals surface area contributed by atoms with Gasteiger partial charge in [-0.15, -0.1) is 0 Å². The minimum Gasteiger partial charge on any atom is -0.632 e. The van der Waals surface area contributed by atoms with Gasteiger partial charge < -0.3 is 29.2 Å². The number of benzene rings is 2. The minimum atomic E-state index is -0.347. The smallest absolute Gasteiger partial charge is 0.231 e. The van der Waals surface area contributed by atoms with E-state index in [-0.39, 0.29) is 29.8 Å². The molecule has 6 heteroatoms. The fourth-order valence-corrected chi connectivity index (χ4v) is 4.38. The maximum atomic E-state index is 13.6. The molecule has 6 nitrogen and oxygen atoms in total. The normalized spacial score (nSPS) is 25.8. The molecular formula is C19H19NO5. The first kappa shape index (κ1) is 14.9. The summed E-state index contributed by atoms with van der Waals surface area (Å²) < 4.78 is 15.8. The van der Waals surface area contributed by atoms with Gasteiger partial charge in [0.15, 0.2) is 23.0 Å². The first-order valence-electron chi connectivity index (χ1n) is 8.47. The van der Waals surface area contributed by atoms with Crippen LogP contribution >= 0.6 is 0 Å². The van der Waals surface area contributed by atoms with Crippen LogP contribution in [0.25, 0.3) is 0 Å². The van der Waals surface area contributed by atoms with E-state index in [9.17, 15) is 10.3 Å². The van der Waals surface area contributed by atoms with Crippen LogP contribution in [-0.4, -0.2) is 30.2 Å². The molecule has 0 aliphatic carbocycles. The second-order valence-corrected chi connectivity index (χ2v) is 6.96. The van der Waals surface area contributed by atoms with Gasteiger partial charge in [-0.25, -0.2) is 0 Å². The Morgan fingerprint density at radius 2 is 2.00 bits per heavy atom. The highest BCUT2D eigenvalue weighted by Gasteiger charge is 2.42. The summed E-state index contributed by atoms with van der Waals surface area (Å²) in [4.78, 5) is 0. The number of quaternary nitrogens is 1. The van der Waals surface area contributed by atoms with Gasteiger partial charge in [0.1, 0.15) is 12.6 Å². The van der Waals surface area contributed by atoms with E-state index in [0.29, 0.717) is 25.1 Å². The van der Waals surface area contributed by atoms with Gasteiger partial charge in [-0.3, -0.25) is 0 Å². The van der Waals surface area contributed by atoms with Crippen molar-refractivity contribution < 1.29 is 24.0 Å². The van der Waals surface area contributed by atoms with Crippen molar-refractivity contribution in [3.05, 3.63) is 51.7 Å². The predicted molar refractivity (Wildman–Crippen MR) is 89.6 cm³/mol. The van der Waals surface area contributed by atoms with Crippen molar-refractivity contribution in [1.29, 1.82) is 0 Å². The lowest BCUT2D eigenvalue weighted by atomic mass is 9.83. The Morgan fingerprint density at radius 3 is 2.80 bits per heavy atom. The van der Waals surface area contributed by atoms with Crippen molar-refractivity contribution in [3.8, 4) is 23.0 Å². The third kappa shape index (κ3) is 2.04. The van der Waals surface area contributed by atoms with Gasteiger partial charge in [0.25, 0.3) is 0 Å². The maximum Gasteiger partial charge on any atom is 0.231 e. The lowest BCUT2D eigenvalue weighted by Gasteiger charge is -2.54. The van der Waals surface area contributed by atoms with Crippen molar-refractivity contribution in [3.63, 3.8) is 0 Å². The minimum absolute atomic E-state index is 0.100. The third-order valence-corrected chi connectivity index (χ3v) is 5.72. The van der Waals surface area contributed by atoms with Crippen LogP contribution in [-0.2, 0) is 19.4 Å².